The van der Waals surface area contributed by atoms with Gasteiger partial charge in [0.05, 0.1) is 7.11 Å². The molecule has 0 heterocycles. The molecule has 0 aliphatic rings. The number of nitrogens with one attached hydrogen (secondary N) is 2. The first kappa shape index (κ1) is 15.2. The van der Waals surface area contributed by atoms with Crippen LogP contribution in [-0.2, 0) is 6.54 Å². The van der Waals surface area contributed by atoms with Gasteiger partial charge in [0.25, 0.3) is 0 Å². The summed E-state index contributed by atoms with van der Waals surface area (Å²) < 4.78 is 5.14. The Morgan fingerprint density at radius 2 is 2.05 bits per heavy atom. The summed E-state index contributed by atoms with van der Waals surface area (Å²) in [7, 11) is 1.61. The standard InChI is InChI=1S/C16H17ClN2O2/c1-11-6-7-13(17)9-15(11)19-16(20)18-10-12-4-3-5-14(8-12)21-2/h3-9H,10H2,1-2H3,(H2,18,19,20). The van der Waals surface area contributed by atoms with Crippen LogP contribution < -0.4 is 15.4 Å². The first-order chi connectivity index (χ1) is 10.1. The van der Waals surface area contributed by atoms with Crippen molar-refractivity contribution in [2.45, 2.75) is 13.5 Å². The van der Waals surface area contributed by atoms with Gasteiger partial charge in [0.15, 0.2) is 0 Å². The van der Waals surface area contributed by atoms with Gasteiger partial charge in [-0.3, -0.25) is 0 Å². The Hall–Kier alpha value is -2.20. The fourth-order valence-electron chi connectivity index (χ4n) is 1.86. The molecule has 0 aliphatic heterocycles. The molecule has 2 aromatic rings. The number of amides is 2. The number of ether oxygens (including phenoxy) is 1. The molecule has 0 radical (unpaired) electrons. The lowest BCUT2D eigenvalue weighted by atomic mass is 10.2. The summed E-state index contributed by atoms with van der Waals surface area (Å²) in [5.41, 5.74) is 2.62. The van der Waals surface area contributed by atoms with Crippen molar-refractivity contribution in [2.75, 3.05) is 12.4 Å². The van der Waals surface area contributed by atoms with Crippen molar-refractivity contribution >= 4 is 23.3 Å². The Kier molecular flexibility index (Phi) is 5.06. The Labute approximate surface area is 129 Å². The van der Waals surface area contributed by atoms with Crippen molar-refractivity contribution in [1.82, 2.24) is 5.32 Å². The summed E-state index contributed by atoms with van der Waals surface area (Å²) in [6.07, 6.45) is 0. The summed E-state index contributed by atoms with van der Waals surface area (Å²) in [5, 5.41) is 6.17. The first-order valence-corrected chi connectivity index (χ1v) is 6.90. The minimum atomic E-state index is -0.275. The van der Waals surface area contributed by atoms with Crippen LogP contribution in [0.3, 0.4) is 0 Å². The van der Waals surface area contributed by atoms with Crippen molar-refractivity contribution in [1.29, 1.82) is 0 Å². The first-order valence-electron chi connectivity index (χ1n) is 6.52. The number of carbonyl (C=O) groups excluding carboxylic acids is 1. The molecule has 2 amide bonds. The van der Waals surface area contributed by atoms with E-state index in [0.29, 0.717) is 17.3 Å². The van der Waals surface area contributed by atoms with Crippen LogP contribution in [0, 0.1) is 6.92 Å². The van der Waals surface area contributed by atoms with Crippen LogP contribution in [0.2, 0.25) is 5.02 Å². The number of urea groups is 1. The van der Waals surface area contributed by atoms with Crippen LogP contribution >= 0.6 is 11.6 Å². The number of anilines is 1. The number of hydrogen-bond acceptors (Lipinski definition) is 2. The number of rotatable bonds is 4. The average Bonchev–Trinajstić information content (AvgIpc) is 2.49. The third kappa shape index (κ3) is 4.39. The van der Waals surface area contributed by atoms with Gasteiger partial charge in [-0.15, -0.1) is 0 Å². The molecule has 0 aromatic heterocycles. The average molecular weight is 305 g/mol. The highest BCUT2D eigenvalue weighted by atomic mass is 35.5. The lowest BCUT2D eigenvalue weighted by Crippen LogP contribution is -2.28. The molecule has 0 aliphatic carbocycles. The summed E-state index contributed by atoms with van der Waals surface area (Å²) in [4.78, 5) is 11.9. The molecule has 0 unspecified atom stereocenters. The van der Waals surface area contributed by atoms with Crippen molar-refractivity contribution < 1.29 is 9.53 Å². The zero-order valence-electron chi connectivity index (χ0n) is 11.9. The number of hydrogen-bond donors (Lipinski definition) is 2. The summed E-state index contributed by atoms with van der Waals surface area (Å²) in [6.45, 7) is 2.33. The summed E-state index contributed by atoms with van der Waals surface area (Å²) in [6, 6.07) is 12.6. The maximum absolute atomic E-state index is 11.9. The largest absolute Gasteiger partial charge is 0.497 e. The van der Waals surface area contributed by atoms with Crippen LogP contribution in [0.5, 0.6) is 5.75 Å². The van der Waals surface area contributed by atoms with Crippen LogP contribution in [-0.4, -0.2) is 13.1 Å². The van der Waals surface area contributed by atoms with Gasteiger partial charge in [0.1, 0.15) is 5.75 Å². The third-order valence-corrected chi connectivity index (χ3v) is 3.27. The molecule has 2 N–H and O–H groups in total. The lowest BCUT2D eigenvalue weighted by Gasteiger charge is -2.10. The molecule has 0 saturated carbocycles. The molecule has 5 heteroatoms. The van der Waals surface area contributed by atoms with Gasteiger partial charge >= 0.3 is 6.03 Å². The molecule has 2 aromatic carbocycles. The minimum absolute atomic E-state index is 0.275. The molecule has 0 spiro atoms. The molecule has 0 saturated heterocycles. The normalized spacial score (nSPS) is 10.0. The third-order valence-electron chi connectivity index (χ3n) is 3.04. The van der Waals surface area contributed by atoms with E-state index < -0.39 is 0 Å². The van der Waals surface area contributed by atoms with Crippen molar-refractivity contribution in [2.24, 2.45) is 0 Å². The minimum Gasteiger partial charge on any atom is -0.497 e. The molecular weight excluding hydrogens is 288 g/mol. The highest BCUT2D eigenvalue weighted by Crippen LogP contribution is 2.20. The van der Waals surface area contributed by atoms with E-state index in [1.807, 2.05) is 37.3 Å². The second-order valence-corrected chi connectivity index (χ2v) is 5.05. The maximum Gasteiger partial charge on any atom is 0.319 e. The fraction of sp³-hybridized carbons (Fsp3) is 0.188. The van der Waals surface area contributed by atoms with Crippen LogP contribution in [0.1, 0.15) is 11.1 Å². The summed E-state index contributed by atoms with van der Waals surface area (Å²) in [5.74, 6) is 0.764. The Morgan fingerprint density at radius 1 is 1.24 bits per heavy atom. The predicted molar refractivity (Wildman–Crippen MR) is 85.0 cm³/mol. The van der Waals surface area contributed by atoms with E-state index in [2.05, 4.69) is 10.6 Å². The fourth-order valence-corrected chi connectivity index (χ4v) is 2.03. The molecule has 110 valence electrons. The quantitative estimate of drug-likeness (QED) is 0.897. The molecule has 0 fully saturated rings. The molecule has 0 atom stereocenters. The number of aryl methyl sites for hydroxylation is 1. The van der Waals surface area contributed by atoms with E-state index in [4.69, 9.17) is 16.3 Å². The van der Waals surface area contributed by atoms with Crippen molar-refractivity contribution in [3.05, 3.63) is 58.6 Å². The second-order valence-electron chi connectivity index (χ2n) is 4.62. The van der Waals surface area contributed by atoms with E-state index in [1.54, 1.807) is 19.2 Å². The predicted octanol–water partition coefficient (Wildman–Crippen LogP) is 3.98. The monoisotopic (exact) mass is 304 g/mol. The van der Waals surface area contributed by atoms with Crippen molar-refractivity contribution in [3.63, 3.8) is 0 Å². The van der Waals surface area contributed by atoms with Crippen LogP contribution in [0.25, 0.3) is 0 Å². The highest BCUT2D eigenvalue weighted by Gasteiger charge is 2.05. The molecule has 4 nitrogen and oxygen atoms in total. The van der Waals surface area contributed by atoms with E-state index in [0.717, 1.165) is 16.9 Å². The number of halogens is 1. The number of benzene rings is 2. The maximum atomic E-state index is 11.9. The molecule has 2 rings (SSSR count). The van der Waals surface area contributed by atoms with E-state index in [-0.39, 0.29) is 6.03 Å². The Bertz CT molecular complexity index is 644. The molecule has 0 bridgehead atoms. The Balaban J connectivity index is 1.94. The lowest BCUT2D eigenvalue weighted by molar-refractivity contribution is 0.251. The second kappa shape index (κ2) is 6.99. The molecular formula is C16H17ClN2O2. The smallest absolute Gasteiger partial charge is 0.319 e. The highest BCUT2D eigenvalue weighted by molar-refractivity contribution is 6.31. The van der Waals surface area contributed by atoms with Crippen LogP contribution in [0.4, 0.5) is 10.5 Å². The van der Waals surface area contributed by atoms with Gasteiger partial charge in [-0.1, -0.05) is 29.8 Å². The van der Waals surface area contributed by atoms with Gasteiger partial charge in [0, 0.05) is 17.3 Å². The van der Waals surface area contributed by atoms with E-state index in [1.165, 1.54) is 0 Å². The summed E-state index contributed by atoms with van der Waals surface area (Å²) >= 11 is 5.92. The molecule has 21 heavy (non-hydrogen) atoms. The van der Waals surface area contributed by atoms with Gasteiger partial charge in [0.2, 0.25) is 0 Å². The van der Waals surface area contributed by atoms with Crippen LogP contribution in [0.15, 0.2) is 42.5 Å². The van der Waals surface area contributed by atoms with Gasteiger partial charge in [-0.2, -0.15) is 0 Å². The van der Waals surface area contributed by atoms with E-state index >= 15 is 0 Å². The Morgan fingerprint density at radius 3 is 2.81 bits per heavy atom. The van der Waals surface area contributed by atoms with Gasteiger partial charge in [-0.05, 0) is 42.3 Å². The number of carbonyl (C=O) groups is 1. The zero-order chi connectivity index (χ0) is 15.2. The SMILES string of the molecule is COc1cccc(CNC(=O)Nc2cc(Cl)ccc2C)c1. The van der Waals surface area contributed by atoms with Gasteiger partial charge < -0.3 is 15.4 Å². The topological polar surface area (TPSA) is 50.4 Å². The zero-order valence-corrected chi connectivity index (χ0v) is 12.7. The van der Waals surface area contributed by atoms with Crippen molar-refractivity contribution in [3.8, 4) is 5.75 Å². The van der Waals surface area contributed by atoms with E-state index in [9.17, 15) is 4.79 Å². The number of methoxy groups -OCH3 is 1. The van der Waals surface area contributed by atoms with Gasteiger partial charge in [-0.25, -0.2) is 4.79 Å².